The van der Waals surface area contributed by atoms with Crippen molar-refractivity contribution in [1.82, 2.24) is 9.78 Å². The summed E-state index contributed by atoms with van der Waals surface area (Å²) in [4.78, 5) is 22.6. The van der Waals surface area contributed by atoms with Gasteiger partial charge in [-0.25, -0.2) is 4.39 Å². The highest BCUT2D eigenvalue weighted by molar-refractivity contribution is 6.31. The number of furan rings is 1. The highest BCUT2D eigenvalue weighted by Crippen LogP contribution is 2.20. The van der Waals surface area contributed by atoms with Gasteiger partial charge in [-0.05, 0) is 42.0 Å². The van der Waals surface area contributed by atoms with Crippen molar-refractivity contribution in [2.45, 2.75) is 13.2 Å². The summed E-state index contributed by atoms with van der Waals surface area (Å²) in [6.07, 6.45) is 1.65. The molecule has 0 fully saturated rings. The van der Waals surface area contributed by atoms with E-state index in [9.17, 15) is 19.3 Å². The molecule has 0 radical (unpaired) electrons. The number of carbonyl (C=O) groups is 1. The highest BCUT2D eigenvalue weighted by atomic mass is 35.5. The SMILES string of the molecule is O=C(Nc1ccn(Cc2ccc(F)cc2Cl)n1)c1ccc(COc2ccc([N+](=O)[O-])cc2)o1. The molecule has 168 valence electrons. The largest absolute Gasteiger partial charge is 0.486 e. The van der Waals surface area contributed by atoms with Crippen LogP contribution in [0.3, 0.4) is 0 Å². The molecule has 2 aromatic heterocycles. The van der Waals surface area contributed by atoms with E-state index in [0.717, 1.165) is 0 Å². The minimum Gasteiger partial charge on any atom is -0.486 e. The fourth-order valence-electron chi connectivity index (χ4n) is 2.91. The van der Waals surface area contributed by atoms with E-state index in [1.165, 1.54) is 42.5 Å². The van der Waals surface area contributed by atoms with Gasteiger partial charge in [0.15, 0.2) is 11.6 Å². The van der Waals surface area contributed by atoms with Crippen LogP contribution in [0.25, 0.3) is 0 Å². The minimum atomic E-state index is -0.498. The molecule has 0 unspecified atom stereocenters. The van der Waals surface area contributed by atoms with Gasteiger partial charge < -0.3 is 14.5 Å². The summed E-state index contributed by atoms with van der Waals surface area (Å²) in [6.45, 7) is 0.345. The molecule has 1 amide bonds. The van der Waals surface area contributed by atoms with E-state index in [0.29, 0.717) is 29.4 Å². The zero-order valence-electron chi connectivity index (χ0n) is 16.9. The Bertz CT molecular complexity index is 1300. The van der Waals surface area contributed by atoms with Crippen molar-refractivity contribution in [3.8, 4) is 5.75 Å². The number of nitrogens with one attached hydrogen (secondary N) is 1. The predicted octanol–water partition coefficient (Wildman–Crippen LogP) is 5.06. The summed E-state index contributed by atoms with van der Waals surface area (Å²) >= 11 is 6.04. The number of halogens is 2. The monoisotopic (exact) mass is 470 g/mol. The fraction of sp³-hybridized carbons (Fsp3) is 0.0909. The molecule has 0 atom stereocenters. The van der Waals surface area contributed by atoms with Gasteiger partial charge in [-0.15, -0.1) is 0 Å². The maximum atomic E-state index is 13.2. The van der Waals surface area contributed by atoms with Crippen molar-refractivity contribution in [2.75, 3.05) is 5.32 Å². The van der Waals surface area contributed by atoms with Crippen LogP contribution < -0.4 is 10.1 Å². The van der Waals surface area contributed by atoms with Crippen molar-refractivity contribution < 1.29 is 23.3 Å². The average molecular weight is 471 g/mol. The summed E-state index contributed by atoms with van der Waals surface area (Å²) in [5, 5.41) is 17.9. The molecular formula is C22H16ClFN4O5. The number of hydrogen-bond donors (Lipinski definition) is 1. The Balaban J connectivity index is 1.32. The summed E-state index contributed by atoms with van der Waals surface area (Å²) in [5.74, 6) is 0.270. The molecule has 1 N–H and O–H groups in total. The number of amides is 1. The molecule has 0 bridgehead atoms. The normalized spacial score (nSPS) is 10.7. The van der Waals surface area contributed by atoms with Gasteiger partial charge in [-0.2, -0.15) is 5.10 Å². The maximum Gasteiger partial charge on any atom is 0.292 e. The molecular weight excluding hydrogens is 455 g/mol. The third kappa shape index (κ3) is 5.55. The number of aromatic nitrogens is 2. The molecule has 0 saturated heterocycles. The Hall–Kier alpha value is -4.18. The molecule has 11 heteroatoms. The lowest BCUT2D eigenvalue weighted by Crippen LogP contribution is -2.12. The third-order valence-electron chi connectivity index (χ3n) is 4.54. The Morgan fingerprint density at radius 1 is 1.18 bits per heavy atom. The van der Waals surface area contributed by atoms with Gasteiger partial charge in [0.1, 0.15) is 23.9 Å². The van der Waals surface area contributed by atoms with Crippen LogP contribution in [0.2, 0.25) is 5.02 Å². The van der Waals surface area contributed by atoms with E-state index in [4.69, 9.17) is 20.8 Å². The van der Waals surface area contributed by atoms with Crippen LogP contribution in [0, 0.1) is 15.9 Å². The van der Waals surface area contributed by atoms with E-state index in [-0.39, 0.29) is 23.1 Å². The first-order valence-electron chi connectivity index (χ1n) is 9.62. The zero-order chi connectivity index (χ0) is 23.4. The molecule has 0 aliphatic heterocycles. The number of carbonyl (C=O) groups excluding carboxylic acids is 1. The second-order valence-corrected chi connectivity index (χ2v) is 7.30. The maximum absolute atomic E-state index is 13.2. The van der Waals surface area contributed by atoms with Gasteiger partial charge >= 0.3 is 0 Å². The van der Waals surface area contributed by atoms with Crippen molar-refractivity contribution in [1.29, 1.82) is 0 Å². The molecule has 33 heavy (non-hydrogen) atoms. The van der Waals surface area contributed by atoms with Gasteiger partial charge in [0.2, 0.25) is 0 Å². The quantitative estimate of drug-likeness (QED) is 0.284. The number of anilines is 1. The van der Waals surface area contributed by atoms with E-state index in [2.05, 4.69) is 10.4 Å². The molecule has 4 rings (SSSR count). The topological polar surface area (TPSA) is 112 Å². The van der Waals surface area contributed by atoms with Crippen LogP contribution in [0.4, 0.5) is 15.9 Å². The summed E-state index contributed by atoms with van der Waals surface area (Å²) < 4.78 is 25.7. The smallest absolute Gasteiger partial charge is 0.292 e. The van der Waals surface area contributed by atoms with Crippen LogP contribution >= 0.6 is 11.6 Å². The molecule has 4 aromatic rings. The van der Waals surface area contributed by atoms with Crippen LogP contribution in [0.1, 0.15) is 21.9 Å². The fourth-order valence-corrected chi connectivity index (χ4v) is 3.14. The van der Waals surface area contributed by atoms with Gasteiger partial charge in [0.05, 0.1) is 11.5 Å². The number of ether oxygens (including phenoxy) is 1. The number of benzene rings is 2. The van der Waals surface area contributed by atoms with Crippen molar-refractivity contribution in [3.05, 3.63) is 105 Å². The van der Waals surface area contributed by atoms with Crippen LogP contribution in [-0.2, 0) is 13.2 Å². The van der Waals surface area contributed by atoms with E-state index in [1.807, 2.05) is 0 Å². The Kier molecular flexibility index (Phi) is 6.36. The van der Waals surface area contributed by atoms with E-state index in [1.54, 1.807) is 29.1 Å². The van der Waals surface area contributed by atoms with E-state index < -0.39 is 16.6 Å². The van der Waals surface area contributed by atoms with Gasteiger partial charge in [0, 0.05) is 29.4 Å². The number of nitro groups is 1. The molecule has 0 aliphatic carbocycles. The summed E-state index contributed by atoms with van der Waals surface area (Å²) in [5.41, 5.74) is 0.644. The molecule has 9 nitrogen and oxygen atoms in total. The first-order chi connectivity index (χ1) is 15.9. The third-order valence-corrected chi connectivity index (χ3v) is 4.90. The standard InChI is InChI=1S/C22H16ClFN4O5/c23-19-11-15(24)2-1-14(19)12-27-10-9-21(26-27)25-22(29)20-8-7-18(33-20)13-32-17-5-3-16(4-6-17)28(30)31/h1-11H,12-13H2,(H,25,26,29). The van der Waals surface area contributed by atoms with Crippen molar-refractivity contribution in [3.63, 3.8) is 0 Å². The molecule has 0 saturated carbocycles. The Morgan fingerprint density at radius 2 is 1.97 bits per heavy atom. The van der Waals surface area contributed by atoms with Crippen molar-refractivity contribution in [2.24, 2.45) is 0 Å². The first kappa shape index (κ1) is 22.0. The molecule has 0 spiro atoms. The van der Waals surface area contributed by atoms with Gasteiger partial charge in [-0.3, -0.25) is 19.6 Å². The average Bonchev–Trinajstić information content (AvgIpc) is 3.44. The summed E-state index contributed by atoms with van der Waals surface area (Å²) in [6, 6.07) is 14.4. The lowest BCUT2D eigenvalue weighted by atomic mass is 10.2. The molecule has 2 aromatic carbocycles. The second-order valence-electron chi connectivity index (χ2n) is 6.89. The van der Waals surface area contributed by atoms with Gasteiger partial charge in [0.25, 0.3) is 11.6 Å². The predicted molar refractivity (Wildman–Crippen MR) is 117 cm³/mol. The highest BCUT2D eigenvalue weighted by Gasteiger charge is 2.14. The van der Waals surface area contributed by atoms with Crippen LogP contribution in [0.15, 0.2) is 71.3 Å². The molecule has 0 aliphatic rings. The zero-order valence-corrected chi connectivity index (χ0v) is 17.7. The summed E-state index contributed by atoms with van der Waals surface area (Å²) in [7, 11) is 0. The minimum absolute atomic E-state index is 0.0393. The van der Waals surface area contributed by atoms with Gasteiger partial charge in [-0.1, -0.05) is 17.7 Å². The first-order valence-corrected chi connectivity index (χ1v) is 10.00. The van der Waals surface area contributed by atoms with Crippen LogP contribution in [0.5, 0.6) is 5.75 Å². The number of non-ortho nitro benzene ring substituents is 1. The lowest BCUT2D eigenvalue weighted by Gasteiger charge is -2.05. The Labute approximate surface area is 191 Å². The lowest BCUT2D eigenvalue weighted by molar-refractivity contribution is -0.384. The Morgan fingerprint density at radius 3 is 2.70 bits per heavy atom. The number of nitro benzene ring substituents is 1. The second kappa shape index (κ2) is 9.53. The molecule has 2 heterocycles. The number of rotatable bonds is 8. The van der Waals surface area contributed by atoms with E-state index >= 15 is 0 Å². The van der Waals surface area contributed by atoms with Crippen molar-refractivity contribution >= 4 is 29.0 Å². The number of hydrogen-bond acceptors (Lipinski definition) is 6. The number of nitrogens with zero attached hydrogens (tertiary/aromatic N) is 3. The van der Waals surface area contributed by atoms with Crippen LogP contribution in [-0.4, -0.2) is 20.6 Å².